The van der Waals surface area contributed by atoms with Crippen molar-refractivity contribution in [2.24, 2.45) is 11.8 Å². The molecule has 1 fully saturated rings. The normalized spacial score (nSPS) is 26.0. The van der Waals surface area contributed by atoms with Gasteiger partial charge >= 0.3 is 0 Å². The predicted molar refractivity (Wildman–Crippen MR) is 112 cm³/mol. The highest BCUT2D eigenvalue weighted by atomic mass is 35.5. The van der Waals surface area contributed by atoms with Crippen molar-refractivity contribution in [2.45, 2.75) is 64.5 Å². The molecule has 1 unspecified atom stereocenters. The van der Waals surface area contributed by atoms with Gasteiger partial charge in [0, 0.05) is 17.0 Å². The minimum Gasteiger partial charge on any atom is -0.367 e. The molecule has 1 saturated carbocycles. The molecular formula is C20H29ClN4S. The van der Waals surface area contributed by atoms with E-state index < -0.39 is 0 Å². The minimum atomic E-state index is 0.363. The van der Waals surface area contributed by atoms with Crippen LogP contribution < -0.4 is 5.32 Å². The van der Waals surface area contributed by atoms with Crippen molar-refractivity contribution in [1.29, 1.82) is 0 Å². The third kappa shape index (κ3) is 3.46. The first-order valence-corrected chi connectivity index (χ1v) is 11.0. The van der Waals surface area contributed by atoms with Gasteiger partial charge in [0.25, 0.3) is 0 Å². The van der Waals surface area contributed by atoms with E-state index in [1.807, 2.05) is 11.3 Å². The van der Waals surface area contributed by atoms with Crippen LogP contribution in [0.5, 0.6) is 0 Å². The Kier molecular flexibility index (Phi) is 5.15. The van der Waals surface area contributed by atoms with E-state index in [2.05, 4.69) is 48.1 Å². The van der Waals surface area contributed by atoms with Crippen LogP contribution in [0.1, 0.15) is 50.0 Å². The zero-order valence-corrected chi connectivity index (χ0v) is 17.8. The molecule has 2 aliphatic carbocycles. The molecule has 0 aromatic carbocycles. The molecule has 6 heteroatoms. The van der Waals surface area contributed by atoms with E-state index in [-0.39, 0.29) is 0 Å². The Bertz CT molecular complexity index is 793. The molecule has 0 spiro atoms. The zero-order valence-electron chi connectivity index (χ0n) is 16.2. The summed E-state index contributed by atoms with van der Waals surface area (Å²) in [6.45, 7) is 4.66. The number of anilines is 1. The molecule has 4 rings (SSSR count). The minimum absolute atomic E-state index is 0.363. The lowest BCUT2D eigenvalue weighted by molar-refractivity contribution is 0.221. The molecule has 2 heterocycles. The Labute approximate surface area is 165 Å². The fraction of sp³-hybridized carbons (Fsp3) is 0.700. The van der Waals surface area contributed by atoms with Gasteiger partial charge in [-0.05, 0) is 81.6 Å². The number of hydrogen-bond donors (Lipinski definition) is 1. The number of rotatable bonds is 4. The molecule has 1 atom stereocenters. The van der Waals surface area contributed by atoms with E-state index in [0.717, 1.165) is 28.9 Å². The number of aromatic nitrogens is 2. The van der Waals surface area contributed by atoms with E-state index in [1.165, 1.54) is 47.9 Å². The second kappa shape index (κ2) is 7.25. The number of hydrogen-bond acceptors (Lipinski definition) is 5. The third-order valence-electron chi connectivity index (χ3n) is 6.33. The second-order valence-corrected chi connectivity index (χ2v) is 9.97. The van der Waals surface area contributed by atoms with Crippen LogP contribution in [0.4, 0.5) is 5.82 Å². The number of nitrogens with one attached hydrogen (secondary N) is 1. The first kappa shape index (κ1) is 18.5. The van der Waals surface area contributed by atoms with Crippen LogP contribution in [-0.4, -0.2) is 41.0 Å². The predicted octanol–water partition coefficient (Wildman–Crippen LogP) is 5.00. The van der Waals surface area contributed by atoms with Crippen molar-refractivity contribution in [3.05, 3.63) is 15.7 Å². The molecule has 4 nitrogen and oxygen atoms in total. The lowest BCUT2D eigenvalue weighted by atomic mass is 9.90. The van der Waals surface area contributed by atoms with Gasteiger partial charge in [0.15, 0.2) is 0 Å². The van der Waals surface area contributed by atoms with E-state index in [1.54, 1.807) is 0 Å². The molecule has 2 aromatic rings. The van der Waals surface area contributed by atoms with Gasteiger partial charge in [-0.25, -0.2) is 9.97 Å². The molecule has 26 heavy (non-hydrogen) atoms. The average molecular weight is 393 g/mol. The maximum atomic E-state index is 6.25. The van der Waals surface area contributed by atoms with Gasteiger partial charge in [-0.1, -0.05) is 13.8 Å². The smallest absolute Gasteiger partial charge is 0.225 e. The SMILES string of the molecule is CC(C)C1Cc2sc3nc(Cl)nc(NC4CCC(N(C)C)CC4)c3c2C1. The highest BCUT2D eigenvalue weighted by Crippen LogP contribution is 2.44. The highest BCUT2D eigenvalue weighted by molar-refractivity contribution is 7.19. The Balaban J connectivity index is 1.60. The summed E-state index contributed by atoms with van der Waals surface area (Å²) in [5.41, 5.74) is 1.48. The maximum absolute atomic E-state index is 6.25. The summed E-state index contributed by atoms with van der Waals surface area (Å²) in [6.07, 6.45) is 7.19. The van der Waals surface area contributed by atoms with Crippen molar-refractivity contribution in [1.82, 2.24) is 14.9 Å². The number of halogens is 1. The van der Waals surface area contributed by atoms with E-state index in [4.69, 9.17) is 11.6 Å². The molecule has 2 aliphatic rings. The van der Waals surface area contributed by atoms with Crippen LogP contribution in [0.15, 0.2) is 0 Å². The summed E-state index contributed by atoms with van der Waals surface area (Å²) in [5, 5.41) is 5.34. The van der Waals surface area contributed by atoms with E-state index >= 15 is 0 Å². The van der Waals surface area contributed by atoms with Crippen molar-refractivity contribution in [3.8, 4) is 0 Å². The van der Waals surface area contributed by atoms with Gasteiger partial charge in [0.2, 0.25) is 5.28 Å². The summed E-state index contributed by atoms with van der Waals surface area (Å²) < 4.78 is 0. The lowest BCUT2D eigenvalue weighted by Crippen LogP contribution is -2.36. The second-order valence-electron chi connectivity index (χ2n) is 8.55. The monoisotopic (exact) mass is 392 g/mol. The first-order chi connectivity index (χ1) is 12.4. The van der Waals surface area contributed by atoms with E-state index in [9.17, 15) is 0 Å². The third-order valence-corrected chi connectivity index (χ3v) is 7.65. The number of fused-ring (bicyclic) bond motifs is 3. The average Bonchev–Trinajstić information content (AvgIpc) is 3.12. The lowest BCUT2D eigenvalue weighted by Gasteiger charge is -2.33. The van der Waals surface area contributed by atoms with Gasteiger partial charge in [-0.3, -0.25) is 0 Å². The molecule has 2 aromatic heterocycles. The van der Waals surface area contributed by atoms with Gasteiger partial charge in [0.1, 0.15) is 10.6 Å². The van der Waals surface area contributed by atoms with Crippen LogP contribution in [0.3, 0.4) is 0 Å². The molecule has 0 saturated heterocycles. The quantitative estimate of drug-likeness (QED) is 0.743. The molecule has 1 N–H and O–H groups in total. The maximum Gasteiger partial charge on any atom is 0.225 e. The van der Waals surface area contributed by atoms with Crippen LogP contribution in [0.25, 0.3) is 10.2 Å². The van der Waals surface area contributed by atoms with Crippen molar-refractivity contribution in [3.63, 3.8) is 0 Å². The van der Waals surface area contributed by atoms with Crippen LogP contribution in [0, 0.1) is 11.8 Å². The van der Waals surface area contributed by atoms with E-state index in [0.29, 0.717) is 17.4 Å². The summed E-state index contributed by atoms with van der Waals surface area (Å²) in [7, 11) is 4.37. The fourth-order valence-corrected chi connectivity index (χ4v) is 6.05. The molecule has 0 aliphatic heterocycles. The van der Waals surface area contributed by atoms with Crippen LogP contribution in [-0.2, 0) is 12.8 Å². The Morgan fingerprint density at radius 1 is 1.12 bits per heavy atom. The Morgan fingerprint density at radius 2 is 1.85 bits per heavy atom. The summed E-state index contributed by atoms with van der Waals surface area (Å²) >= 11 is 8.07. The van der Waals surface area contributed by atoms with Crippen molar-refractivity contribution < 1.29 is 0 Å². The first-order valence-electron chi connectivity index (χ1n) is 9.83. The Hall–Kier alpha value is -0.910. The summed E-state index contributed by atoms with van der Waals surface area (Å²) in [4.78, 5) is 14.0. The molecule has 142 valence electrons. The molecule has 0 radical (unpaired) electrons. The zero-order chi connectivity index (χ0) is 18.4. The topological polar surface area (TPSA) is 41.1 Å². The van der Waals surface area contributed by atoms with Gasteiger partial charge in [-0.15, -0.1) is 11.3 Å². The van der Waals surface area contributed by atoms with Gasteiger partial charge in [-0.2, -0.15) is 0 Å². The summed E-state index contributed by atoms with van der Waals surface area (Å²) in [6, 6.07) is 1.19. The van der Waals surface area contributed by atoms with Crippen molar-refractivity contribution >= 4 is 39.0 Å². The number of thiophene rings is 1. The standard InChI is InChI=1S/C20H29ClN4S/c1-11(2)12-9-15-16(10-12)26-19-17(15)18(23-20(21)24-19)22-13-5-7-14(8-6-13)25(3)4/h11-14H,5-10H2,1-4H3,(H,22,23,24). The van der Waals surface area contributed by atoms with Crippen LogP contribution >= 0.6 is 22.9 Å². The van der Waals surface area contributed by atoms with Gasteiger partial charge < -0.3 is 10.2 Å². The molecular weight excluding hydrogens is 364 g/mol. The Morgan fingerprint density at radius 3 is 2.50 bits per heavy atom. The van der Waals surface area contributed by atoms with Crippen LogP contribution in [0.2, 0.25) is 5.28 Å². The molecule has 0 amide bonds. The largest absolute Gasteiger partial charge is 0.367 e. The molecule has 0 bridgehead atoms. The van der Waals surface area contributed by atoms with Crippen molar-refractivity contribution in [2.75, 3.05) is 19.4 Å². The number of nitrogens with zero attached hydrogens (tertiary/aromatic N) is 3. The summed E-state index contributed by atoms with van der Waals surface area (Å²) in [5.74, 6) is 2.44. The van der Waals surface area contributed by atoms with Gasteiger partial charge in [0.05, 0.1) is 5.39 Å². The highest BCUT2D eigenvalue weighted by Gasteiger charge is 2.31. The fourth-order valence-electron chi connectivity index (χ4n) is 4.54.